The first-order valence-corrected chi connectivity index (χ1v) is 11.4. The number of piperidine rings is 1. The Balaban J connectivity index is 1.64. The smallest absolute Gasteiger partial charge is 0.314 e. The lowest BCUT2D eigenvalue weighted by Crippen LogP contribution is -2.40. The summed E-state index contributed by atoms with van der Waals surface area (Å²) in [7, 11) is -3.49. The van der Waals surface area contributed by atoms with E-state index in [4.69, 9.17) is 4.74 Å². The molecule has 1 aromatic heterocycles. The second-order valence-electron chi connectivity index (χ2n) is 6.38. The molecule has 0 spiro atoms. The summed E-state index contributed by atoms with van der Waals surface area (Å²) < 4.78 is 33.5. The fourth-order valence-electron chi connectivity index (χ4n) is 3.04. The molecule has 0 atom stereocenters. The van der Waals surface area contributed by atoms with Crippen LogP contribution in [-0.4, -0.2) is 31.8 Å². The van der Waals surface area contributed by atoms with Crippen LogP contribution in [-0.2, 0) is 14.8 Å². The van der Waals surface area contributed by atoms with E-state index in [9.17, 15) is 13.2 Å². The standard InChI is InChI=1S/C18H20BrNO4S2/c1-12-4-3-5-13(2)17(12)24-18(21)14-8-10-20(11-9-14)26(22,23)16-7-6-15(19)25-16/h3-7,14H,8-11H2,1-2H3. The number of carbonyl (C=O) groups is 1. The number of esters is 1. The lowest BCUT2D eigenvalue weighted by atomic mass is 9.98. The Hall–Kier alpha value is -1.22. The van der Waals surface area contributed by atoms with Gasteiger partial charge in [-0.05, 0) is 65.9 Å². The summed E-state index contributed by atoms with van der Waals surface area (Å²) in [5, 5.41) is 0. The van der Waals surface area contributed by atoms with Crippen LogP contribution in [0, 0.1) is 19.8 Å². The van der Waals surface area contributed by atoms with Crippen LogP contribution in [0.5, 0.6) is 5.75 Å². The van der Waals surface area contributed by atoms with Crippen LogP contribution in [0.15, 0.2) is 38.3 Å². The van der Waals surface area contributed by atoms with E-state index < -0.39 is 10.0 Å². The number of halogens is 1. The third kappa shape index (κ3) is 4.03. The summed E-state index contributed by atoms with van der Waals surface area (Å²) in [5.41, 5.74) is 1.84. The Morgan fingerprint density at radius 2 is 1.77 bits per heavy atom. The highest BCUT2D eigenvalue weighted by atomic mass is 79.9. The molecule has 1 saturated heterocycles. The van der Waals surface area contributed by atoms with Crippen LogP contribution in [0.25, 0.3) is 0 Å². The molecule has 1 aromatic carbocycles. The molecule has 26 heavy (non-hydrogen) atoms. The fourth-order valence-corrected chi connectivity index (χ4v) is 6.67. The van der Waals surface area contributed by atoms with Gasteiger partial charge < -0.3 is 4.74 Å². The largest absolute Gasteiger partial charge is 0.426 e. The van der Waals surface area contributed by atoms with Crippen molar-refractivity contribution in [2.45, 2.75) is 30.9 Å². The van der Waals surface area contributed by atoms with Crippen molar-refractivity contribution in [2.75, 3.05) is 13.1 Å². The molecule has 8 heteroatoms. The number of ether oxygens (including phenoxy) is 1. The number of hydrogen-bond acceptors (Lipinski definition) is 5. The minimum Gasteiger partial charge on any atom is -0.426 e. The van der Waals surface area contributed by atoms with E-state index in [1.165, 1.54) is 15.6 Å². The summed E-state index contributed by atoms with van der Waals surface area (Å²) in [4.78, 5) is 12.5. The van der Waals surface area contributed by atoms with Crippen LogP contribution in [0.2, 0.25) is 0 Å². The molecule has 0 amide bonds. The predicted octanol–water partition coefficient (Wildman–Crippen LogP) is 4.13. The van der Waals surface area contributed by atoms with Crippen molar-refractivity contribution in [3.05, 3.63) is 45.2 Å². The van der Waals surface area contributed by atoms with Gasteiger partial charge >= 0.3 is 5.97 Å². The van der Waals surface area contributed by atoms with Crippen molar-refractivity contribution in [1.82, 2.24) is 4.31 Å². The van der Waals surface area contributed by atoms with Gasteiger partial charge in [0.1, 0.15) is 9.96 Å². The molecule has 0 unspecified atom stereocenters. The van der Waals surface area contributed by atoms with Gasteiger partial charge in [-0.15, -0.1) is 11.3 Å². The maximum absolute atomic E-state index is 12.7. The summed E-state index contributed by atoms with van der Waals surface area (Å²) in [6, 6.07) is 9.07. The molecule has 0 radical (unpaired) electrons. The first-order chi connectivity index (χ1) is 12.3. The van der Waals surface area contributed by atoms with Crippen LogP contribution < -0.4 is 4.74 Å². The van der Waals surface area contributed by atoms with E-state index in [2.05, 4.69) is 15.9 Å². The van der Waals surface area contributed by atoms with Crippen molar-refractivity contribution < 1.29 is 17.9 Å². The van der Waals surface area contributed by atoms with Crippen molar-refractivity contribution >= 4 is 43.3 Å². The van der Waals surface area contributed by atoms with Gasteiger partial charge in [0.2, 0.25) is 0 Å². The number of benzene rings is 1. The van der Waals surface area contributed by atoms with Crippen LogP contribution in [0.4, 0.5) is 0 Å². The van der Waals surface area contributed by atoms with Gasteiger partial charge in [-0.3, -0.25) is 4.79 Å². The zero-order valence-corrected chi connectivity index (χ0v) is 17.8. The van der Waals surface area contributed by atoms with E-state index in [0.29, 0.717) is 35.9 Å². The topological polar surface area (TPSA) is 63.7 Å². The Kier molecular flexibility index (Phi) is 5.86. The van der Waals surface area contributed by atoms with Crippen molar-refractivity contribution in [1.29, 1.82) is 0 Å². The van der Waals surface area contributed by atoms with E-state index in [1.54, 1.807) is 12.1 Å². The van der Waals surface area contributed by atoms with Gasteiger partial charge in [0.15, 0.2) is 0 Å². The van der Waals surface area contributed by atoms with Gasteiger partial charge in [-0.1, -0.05) is 18.2 Å². The van der Waals surface area contributed by atoms with Crippen LogP contribution >= 0.6 is 27.3 Å². The molecule has 1 fully saturated rings. The SMILES string of the molecule is Cc1cccc(C)c1OC(=O)C1CCN(S(=O)(=O)c2ccc(Br)s2)CC1. The van der Waals surface area contributed by atoms with Crippen LogP contribution in [0.1, 0.15) is 24.0 Å². The minimum atomic E-state index is -3.49. The summed E-state index contributed by atoms with van der Waals surface area (Å²) in [6.45, 7) is 4.46. The molecular formula is C18H20BrNO4S2. The Morgan fingerprint density at radius 1 is 1.15 bits per heavy atom. The molecular weight excluding hydrogens is 438 g/mol. The monoisotopic (exact) mass is 457 g/mol. The minimum absolute atomic E-state index is 0.279. The third-order valence-electron chi connectivity index (χ3n) is 4.54. The highest BCUT2D eigenvalue weighted by Gasteiger charge is 2.33. The number of para-hydroxylation sites is 1. The van der Waals surface area contributed by atoms with Gasteiger partial charge in [-0.25, -0.2) is 8.42 Å². The Bertz CT molecular complexity index is 895. The molecule has 140 valence electrons. The number of thiophene rings is 1. The van der Waals surface area contributed by atoms with E-state index in [1.807, 2.05) is 32.0 Å². The number of nitrogens with zero attached hydrogens (tertiary/aromatic N) is 1. The quantitative estimate of drug-likeness (QED) is 0.511. The number of rotatable bonds is 4. The molecule has 3 rings (SSSR count). The van der Waals surface area contributed by atoms with Gasteiger partial charge in [0.05, 0.1) is 9.70 Å². The molecule has 0 aliphatic carbocycles. The molecule has 0 saturated carbocycles. The van der Waals surface area contributed by atoms with Crippen molar-refractivity contribution in [2.24, 2.45) is 5.92 Å². The second kappa shape index (κ2) is 7.80. The maximum atomic E-state index is 12.7. The Labute approximate surface area is 166 Å². The fraction of sp³-hybridized carbons (Fsp3) is 0.389. The van der Waals surface area contributed by atoms with Crippen molar-refractivity contribution in [3.8, 4) is 5.75 Å². The van der Waals surface area contributed by atoms with Gasteiger partial charge in [0, 0.05) is 13.1 Å². The molecule has 5 nitrogen and oxygen atoms in total. The van der Waals surface area contributed by atoms with E-state index >= 15 is 0 Å². The normalized spacial score (nSPS) is 16.6. The Morgan fingerprint density at radius 3 is 2.31 bits per heavy atom. The summed E-state index contributed by atoms with van der Waals surface area (Å²) >= 11 is 4.49. The third-order valence-corrected chi connectivity index (χ3v) is 8.53. The molecule has 2 heterocycles. The highest BCUT2D eigenvalue weighted by Crippen LogP contribution is 2.31. The first-order valence-electron chi connectivity index (χ1n) is 8.32. The summed E-state index contributed by atoms with van der Waals surface area (Å²) in [6.07, 6.45) is 0.936. The first kappa shape index (κ1) is 19.5. The average Bonchev–Trinajstić information content (AvgIpc) is 3.05. The average molecular weight is 458 g/mol. The molecule has 2 aromatic rings. The molecule has 1 aliphatic rings. The lowest BCUT2D eigenvalue weighted by molar-refractivity contribution is -0.140. The summed E-state index contributed by atoms with van der Waals surface area (Å²) in [5.74, 6) is 0.0461. The van der Waals surface area contributed by atoms with Crippen LogP contribution in [0.3, 0.4) is 0 Å². The van der Waals surface area contributed by atoms with Crippen molar-refractivity contribution in [3.63, 3.8) is 0 Å². The number of hydrogen-bond donors (Lipinski definition) is 0. The number of sulfonamides is 1. The van der Waals surface area contributed by atoms with E-state index in [0.717, 1.165) is 14.9 Å². The lowest BCUT2D eigenvalue weighted by Gasteiger charge is -2.29. The zero-order chi connectivity index (χ0) is 18.9. The zero-order valence-electron chi connectivity index (χ0n) is 14.6. The molecule has 1 aliphatic heterocycles. The second-order valence-corrected chi connectivity index (χ2v) is 11.0. The predicted molar refractivity (Wildman–Crippen MR) is 105 cm³/mol. The van der Waals surface area contributed by atoms with E-state index in [-0.39, 0.29) is 11.9 Å². The highest BCUT2D eigenvalue weighted by molar-refractivity contribution is 9.11. The molecule has 0 N–H and O–H groups in total. The van der Waals surface area contributed by atoms with Gasteiger partial charge in [-0.2, -0.15) is 4.31 Å². The number of carbonyl (C=O) groups excluding carboxylic acids is 1. The molecule has 0 bridgehead atoms. The number of aryl methyl sites for hydroxylation is 2. The van der Waals surface area contributed by atoms with Gasteiger partial charge in [0.25, 0.3) is 10.0 Å². The maximum Gasteiger partial charge on any atom is 0.314 e.